The van der Waals surface area contributed by atoms with E-state index >= 15 is 0 Å². The minimum absolute atomic E-state index is 0.0392. The molecule has 0 saturated heterocycles. The van der Waals surface area contributed by atoms with Crippen LogP contribution in [0.15, 0.2) is 52.5 Å². The topological polar surface area (TPSA) is 129 Å². The van der Waals surface area contributed by atoms with Crippen molar-refractivity contribution in [2.45, 2.75) is 31.7 Å². The first-order valence-electron chi connectivity index (χ1n) is 9.41. The first kappa shape index (κ1) is 21.5. The minimum Gasteiger partial charge on any atom is -0.352 e. The Bertz CT molecular complexity index is 1130. The summed E-state index contributed by atoms with van der Waals surface area (Å²) in [4.78, 5) is 24.4. The lowest BCUT2D eigenvalue weighted by molar-refractivity contribution is -0.110. The molecule has 0 aliphatic carbocycles. The lowest BCUT2D eigenvalue weighted by atomic mass is 10.1. The minimum atomic E-state index is -3.72. The second-order valence-corrected chi connectivity index (χ2v) is 8.66. The Hall–Kier alpha value is -3.24. The molecule has 30 heavy (non-hydrogen) atoms. The molecule has 2 amide bonds. The van der Waals surface area contributed by atoms with Gasteiger partial charge in [-0.2, -0.15) is 5.10 Å². The molecule has 3 rings (SSSR count). The van der Waals surface area contributed by atoms with Gasteiger partial charge >= 0.3 is 0 Å². The summed E-state index contributed by atoms with van der Waals surface area (Å²) in [6.45, 7) is 5.78. The Morgan fingerprint density at radius 3 is 2.63 bits per heavy atom. The Balaban J connectivity index is 1.89. The van der Waals surface area contributed by atoms with Gasteiger partial charge in [-0.05, 0) is 57.2 Å². The monoisotopic (exact) mass is 429 g/mol. The van der Waals surface area contributed by atoms with Gasteiger partial charge in [0.15, 0.2) is 5.71 Å². The molecule has 0 saturated carbocycles. The van der Waals surface area contributed by atoms with Crippen LogP contribution in [0, 0.1) is 0 Å². The van der Waals surface area contributed by atoms with Crippen molar-refractivity contribution < 1.29 is 18.0 Å². The number of sulfonamides is 1. The van der Waals surface area contributed by atoms with Gasteiger partial charge in [0, 0.05) is 23.7 Å². The van der Waals surface area contributed by atoms with E-state index in [-0.39, 0.29) is 22.6 Å². The highest BCUT2D eigenvalue weighted by Crippen LogP contribution is 2.27. The summed E-state index contributed by atoms with van der Waals surface area (Å²) >= 11 is 0. The highest BCUT2D eigenvalue weighted by molar-refractivity contribution is 7.89. The van der Waals surface area contributed by atoms with E-state index in [1.165, 1.54) is 18.2 Å². The van der Waals surface area contributed by atoms with E-state index in [4.69, 9.17) is 0 Å². The van der Waals surface area contributed by atoms with Gasteiger partial charge in [0.1, 0.15) is 0 Å². The number of hydrogen-bond donors (Lipinski definition) is 4. The first-order chi connectivity index (χ1) is 14.2. The molecule has 158 valence electrons. The quantitative estimate of drug-likeness (QED) is 0.500. The average Bonchev–Trinajstić information content (AvgIpc) is 3.00. The second-order valence-electron chi connectivity index (χ2n) is 6.95. The molecular formula is C20H23N5O4S. The Kier molecular flexibility index (Phi) is 6.18. The molecule has 0 bridgehead atoms. The summed E-state index contributed by atoms with van der Waals surface area (Å²) in [5.74, 6) is -0.672. The Morgan fingerprint density at radius 2 is 1.93 bits per heavy atom. The summed E-state index contributed by atoms with van der Waals surface area (Å²) in [6, 6.07) is 10.8. The van der Waals surface area contributed by atoms with Gasteiger partial charge in [0.2, 0.25) is 10.0 Å². The summed E-state index contributed by atoms with van der Waals surface area (Å²) in [7, 11) is -3.72. The van der Waals surface area contributed by atoms with E-state index < -0.39 is 15.9 Å². The number of amides is 2. The number of nitrogens with zero attached hydrogens (tertiary/aromatic N) is 1. The maximum Gasteiger partial charge on any atom is 0.276 e. The van der Waals surface area contributed by atoms with Crippen LogP contribution in [0.1, 0.15) is 36.7 Å². The van der Waals surface area contributed by atoms with Crippen LogP contribution >= 0.6 is 0 Å². The molecule has 0 aromatic heterocycles. The molecule has 1 aliphatic heterocycles. The smallest absolute Gasteiger partial charge is 0.276 e. The third-order valence-electron chi connectivity index (χ3n) is 4.17. The van der Waals surface area contributed by atoms with Crippen LogP contribution in [0.3, 0.4) is 0 Å². The van der Waals surface area contributed by atoms with Crippen molar-refractivity contribution in [1.29, 1.82) is 0 Å². The number of benzene rings is 2. The van der Waals surface area contributed by atoms with Gasteiger partial charge in [0.05, 0.1) is 16.3 Å². The molecular weight excluding hydrogens is 406 g/mol. The van der Waals surface area contributed by atoms with Gasteiger partial charge < -0.3 is 10.6 Å². The fourth-order valence-electron chi connectivity index (χ4n) is 2.90. The maximum absolute atomic E-state index is 12.5. The molecule has 0 fully saturated rings. The number of anilines is 2. The number of hydrazone groups is 1. The number of fused-ring (bicyclic) bond motifs is 1. The number of hydrogen-bond acceptors (Lipinski definition) is 6. The van der Waals surface area contributed by atoms with Crippen LogP contribution < -0.4 is 20.8 Å². The first-order valence-corrected chi connectivity index (χ1v) is 10.9. The maximum atomic E-state index is 12.5. The lowest BCUT2D eigenvalue weighted by Gasteiger charge is -2.10. The Morgan fingerprint density at radius 1 is 1.17 bits per heavy atom. The molecule has 1 aliphatic rings. The summed E-state index contributed by atoms with van der Waals surface area (Å²) in [5, 5.41) is 9.53. The van der Waals surface area contributed by atoms with Crippen LogP contribution in [0.2, 0.25) is 0 Å². The van der Waals surface area contributed by atoms with E-state index in [2.05, 4.69) is 25.9 Å². The predicted molar refractivity (Wildman–Crippen MR) is 115 cm³/mol. The summed E-state index contributed by atoms with van der Waals surface area (Å²) in [5.41, 5.74) is 4.63. The standard InChI is InChI=1S/C20H23N5O4S/c1-4-21-19(26)13-6-5-7-14(10-13)23-24-18-16-11-15(30(28,29)25-12(2)3)8-9-17(16)22-20(18)27/h5-12,23,25H,4H2,1-3H3,(H,21,26)(H,22,24,27). The van der Waals surface area contributed by atoms with E-state index in [0.29, 0.717) is 29.0 Å². The molecule has 0 spiro atoms. The van der Waals surface area contributed by atoms with Gasteiger partial charge in [-0.1, -0.05) is 6.07 Å². The largest absolute Gasteiger partial charge is 0.352 e. The molecule has 0 radical (unpaired) electrons. The number of nitrogens with one attached hydrogen (secondary N) is 4. The predicted octanol–water partition coefficient (Wildman–Crippen LogP) is 1.89. The van der Waals surface area contributed by atoms with Crippen molar-refractivity contribution in [2.24, 2.45) is 5.10 Å². The Labute approximate surface area is 175 Å². The van der Waals surface area contributed by atoms with Crippen molar-refractivity contribution in [3.8, 4) is 0 Å². The second kappa shape index (κ2) is 8.64. The molecule has 9 nitrogen and oxygen atoms in total. The molecule has 2 aromatic rings. The van der Waals surface area contributed by atoms with Crippen molar-refractivity contribution in [3.05, 3.63) is 53.6 Å². The van der Waals surface area contributed by atoms with E-state index in [1.807, 2.05) is 6.92 Å². The van der Waals surface area contributed by atoms with Crippen molar-refractivity contribution in [1.82, 2.24) is 10.0 Å². The van der Waals surface area contributed by atoms with Crippen LogP contribution in [-0.4, -0.2) is 38.5 Å². The number of rotatable bonds is 7. The van der Waals surface area contributed by atoms with Crippen molar-refractivity contribution >= 4 is 38.9 Å². The number of carbonyl (C=O) groups excluding carboxylic acids is 2. The normalized spacial score (nSPS) is 14.5. The SMILES string of the molecule is CCNC(=O)c1cccc(N/N=C2\C(=O)Nc3ccc(S(=O)(=O)NC(C)C)cc32)c1. The van der Waals surface area contributed by atoms with Gasteiger partial charge in [-0.15, -0.1) is 0 Å². The zero-order chi connectivity index (χ0) is 21.9. The molecule has 0 unspecified atom stereocenters. The van der Waals surface area contributed by atoms with E-state index in [0.717, 1.165) is 0 Å². The van der Waals surface area contributed by atoms with E-state index in [1.54, 1.807) is 38.1 Å². The fourth-order valence-corrected chi connectivity index (χ4v) is 4.18. The summed E-state index contributed by atoms with van der Waals surface area (Å²) < 4.78 is 27.4. The van der Waals surface area contributed by atoms with Crippen LogP contribution in [-0.2, 0) is 14.8 Å². The molecule has 2 aromatic carbocycles. The highest BCUT2D eigenvalue weighted by atomic mass is 32.2. The third-order valence-corrected chi connectivity index (χ3v) is 5.83. The molecule has 0 atom stereocenters. The third kappa shape index (κ3) is 4.66. The molecule has 4 N–H and O–H groups in total. The fraction of sp³-hybridized carbons (Fsp3) is 0.250. The van der Waals surface area contributed by atoms with Gasteiger partial charge in [-0.3, -0.25) is 15.0 Å². The van der Waals surface area contributed by atoms with Crippen LogP contribution in [0.4, 0.5) is 11.4 Å². The van der Waals surface area contributed by atoms with Gasteiger partial charge in [0.25, 0.3) is 11.8 Å². The molecule has 10 heteroatoms. The zero-order valence-corrected chi connectivity index (χ0v) is 17.6. The van der Waals surface area contributed by atoms with E-state index in [9.17, 15) is 18.0 Å². The van der Waals surface area contributed by atoms with Crippen LogP contribution in [0.25, 0.3) is 0 Å². The average molecular weight is 430 g/mol. The number of carbonyl (C=O) groups is 2. The van der Waals surface area contributed by atoms with Crippen molar-refractivity contribution in [3.63, 3.8) is 0 Å². The van der Waals surface area contributed by atoms with Gasteiger partial charge in [-0.25, -0.2) is 13.1 Å². The molecule has 1 heterocycles. The lowest BCUT2D eigenvalue weighted by Crippen LogP contribution is -2.30. The van der Waals surface area contributed by atoms with Crippen molar-refractivity contribution in [2.75, 3.05) is 17.3 Å². The zero-order valence-electron chi connectivity index (χ0n) is 16.8. The van der Waals surface area contributed by atoms with Crippen LogP contribution in [0.5, 0.6) is 0 Å². The highest BCUT2D eigenvalue weighted by Gasteiger charge is 2.28. The summed E-state index contributed by atoms with van der Waals surface area (Å²) in [6.07, 6.45) is 0.